The maximum absolute atomic E-state index is 12.0. The number of rotatable bonds is 31. The van der Waals surface area contributed by atoms with Gasteiger partial charge in [-0.05, 0) is 142 Å². The third-order valence-electron chi connectivity index (χ3n) is 12.6. The standard InChI is InChI=1S/C64H50O24/c65-57(66)27-81-43-5-1-3-35(19-43)37-7-13-45(51(21-37)83-29-59(69)70)47-15-9-39(23-53(47)85-31-61(73)74)41-11-17-49(55(25-41)87-33-63(77)78)50-18-12-42(26-56(50)88-34-64(79)80)40-10-16-48(54(24-40)86-32-62(75)76)46-14-8-38(22-52(46)84-30-60(71)72)36-4-2-6-44(20-36)82-28-58(67)68/h1-26H,27-34H2,(H,65,66)(H,67,68)(H,69,70)(H,71,72)(H,73,74)(H,75,76)(H,77,78)(H,79,80). The lowest BCUT2D eigenvalue weighted by Gasteiger charge is -2.19. The Kier molecular flexibility index (Phi) is 20.0. The van der Waals surface area contributed by atoms with Crippen molar-refractivity contribution < 1.29 is 117 Å². The molecule has 0 unspecified atom stereocenters. The molecule has 0 spiro atoms. The zero-order chi connectivity index (χ0) is 63.0. The van der Waals surface area contributed by atoms with E-state index in [9.17, 15) is 69.0 Å². The van der Waals surface area contributed by atoms with Gasteiger partial charge in [-0.15, -0.1) is 0 Å². The van der Waals surface area contributed by atoms with Crippen molar-refractivity contribution in [3.63, 3.8) is 0 Å². The lowest BCUT2D eigenvalue weighted by atomic mass is 9.93. The van der Waals surface area contributed by atoms with Crippen molar-refractivity contribution in [1.82, 2.24) is 0 Å². The minimum Gasteiger partial charge on any atom is -0.482 e. The van der Waals surface area contributed by atoms with Crippen molar-refractivity contribution in [3.05, 3.63) is 158 Å². The molecule has 0 saturated carbocycles. The normalized spacial score (nSPS) is 10.7. The van der Waals surface area contributed by atoms with Crippen LogP contribution in [0.2, 0.25) is 0 Å². The highest BCUT2D eigenvalue weighted by Gasteiger charge is 2.23. The maximum atomic E-state index is 12.0. The number of carboxylic acids is 8. The smallest absolute Gasteiger partial charge is 0.341 e. The van der Waals surface area contributed by atoms with Crippen LogP contribution in [0.15, 0.2) is 158 Å². The second-order valence-electron chi connectivity index (χ2n) is 18.8. The largest absolute Gasteiger partial charge is 0.482 e. The van der Waals surface area contributed by atoms with Gasteiger partial charge in [0, 0.05) is 33.4 Å². The topological polar surface area (TPSA) is 372 Å². The molecule has 0 bridgehead atoms. The number of ether oxygens (including phenoxy) is 8. The summed E-state index contributed by atoms with van der Waals surface area (Å²) in [5, 5.41) is 76.4. The fourth-order valence-corrected chi connectivity index (χ4v) is 8.92. The Bertz CT molecular complexity index is 3740. The van der Waals surface area contributed by atoms with E-state index in [4.69, 9.17) is 48.1 Å². The molecular weight excluding hydrogens is 1150 g/mol. The van der Waals surface area contributed by atoms with E-state index >= 15 is 0 Å². The second-order valence-corrected chi connectivity index (χ2v) is 18.8. The van der Waals surface area contributed by atoms with Crippen LogP contribution in [0.5, 0.6) is 46.0 Å². The predicted octanol–water partition coefficient (Wildman–Crippen LogP) is 9.06. The summed E-state index contributed by atoms with van der Waals surface area (Å²) in [6, 6.07) is 41.1. The average molecular weight is 1200 g/mol. The van der Waals surface area contributed by atoms with E-state index in [1.807, 2.05) is 0 Å². The van der Waals surface area contributed by atoms with Gasteiger partial charge in [0.15, 0.2) is 52.9 Å². The Labute approximate surface area is 497 Å². The molecule has 0 heterocycles. The van der Waals surface area contributed by atoms with E-state index in [0.717, 1.165) is 0 Å². The summed E-state index contributed by atoms with van der Waals surface area (Å²) >= 11 is 0. The van der Waals surface area contributed by atoms with Crippen LogP contribution >= 0.6 is 0 Å². The van der Waals surface area contributed by atoms with Crippen LogP contribution in [0, 0.1) is 0 Å². The molecule has 88 heavy (non-hydrogen) atoms. The first-order valence-corrected chi connectivity index (χ1v) is 26.0. The predicted molar refractivity (Wildman–Crippen MR) is 310 cm³/mol. The molecule has 0 aliphatic heterocycles. The molecule has 0 aromatic heterocycles. The molecule has 24 heteroatoms. The van der Waals surface area contributed by atoms with Gasteiger partial charge in [-0.25, -0.2) is 38.4 Å². The summed E-state index contributed by atoms with van der Waals surface area (Å²) in [6.07, 6.45) is 0. The highest BCUT2D eigenvalue weighted by atomic mass is 16.5. The SMILES string of the molecule is O=C(O)COc1cccc(-c2ccc(-c3ccc(-c4ccc(-c5ccc(-c6ccc(-c7ccc(-c8cccc(OCC(=O)O)c8)cc7OCC(=O)O)c(OCC(=O)O)c6)cc5OCC(=O)O)c(OCC(=O)O)c4)cc3OCC(=O)O)c(OCC(=O)O)c2)c1. The Morgan fingerprint density at radius 1 is 0.216 bits per heavy atom. The maximum Gasteiger partial charge on any atom is 0.341 e. The zero-order valence-corrected chi connectivity index (χ0v) is 45.8. The Morgan fingerprint density at radius 2 is 0.386 bits per heavy atom. The quantitative estimate of drug-likeness (QED) is 0.0201. The van der Waals surface area contributed by atoms with Crippen LogP contribution in [0.4, 0.5) is 0 Å². The molecule has 8 N–H and O–H groups in total. The minimum atomic E-state index is -1.36. The molecule has 0 saturated heterocycles. The number of hydrogen-bond acceptors (Lipinski definition) is 16. The Hall–Kier alpha value is -12.1. The summed E-state index contributed by atoms with van der Waals surface area (Å²) in [6.45, 7) is -6.11. The first-order chi connectivity index (χ1) is 42.2. The molecular formula is C64H50O24. The number of aliphatic carboxylic acids is 8. The van der Waals surface area contributed by atoms with Crippen molar-refractivity contribution >= 4 is 47.8 Å². The van der Waals surface area contributed by atoms with Crippen molar-refractivity contribution in [2.75, 3.05) is 52.9 Å². The van der Waals surface area contributed by atoms with Crippen LogP contribution in [-0.4, -0.2) is 141 Å². The van der Waals surface area contributed by atoms with Gasteiger partial charge in [0.1, 0.15) is 46.0 Å². The number of carbonyl (C=O) groups is 8. The van der Waals surface area contributed by atoms with Gasteiger partial charge < -0.3 is 78.7 Å². The van der Waals surface area contributed by atoms with Crippen LogP contribution in [0.1, 0.15) is 0 Å². The molecule has 0 amide bonds. The van der Waals surface area contributed by atoms with E-state index in [1.165, 1.54) is 36.4 Å². The minimum absolute atomic E-state index is 0.00624. The summed E-state index contributed by atoms with van der Waals surface area (Å²) < 4.78 is 45.5. The van der Waals surface area contributed by atoms with Crippen molar-refractivity contribution in [2.24, 2.45) is 0 Å². The number of hydrogen-bond donors (Lipinski definition) is 8. The van der Waals surface area contributed by atoms with Gasteiger partial charge in [0.05, 0.1) is 0 Å². The molecule has 8 rings (SSSR count). The van der Waals surface area contributed by atoms with Crippen LogP contribution < -0.4 is 37.9 Å². The van der Waals surface area contributed by atoms with Gasteiger partial charge in [0.25, 0.3) is 0 Å². The van der Waals surface area contributed by atoms with Gasteiger partial charge in [-0.1, -0.05) is 60.7 Å². The highest BCUT2D eigenvalue weighted by molar-refractivity contribution is 5.88. The van der Waals surface area contributed by atoms with Crippen LogP contribution in [0.25, 0.3) is 77.9 Å². The summed E-state index contributed by atoms with van der Waals surface area (Å²) in [5.74, 6) is -9.89. The number of benzene rings is 8. The van der Waals surface area contributed by atoms with E-state index < -0.39 is 101 Å². The average Bonchev–Trinajstić information content (AvgIpc) is 1.65. The van der Waals surface area contributed by atoms with E-state index in [-0.39, 0.29) is 79.4 Å². The third-order valence-corrected chi connectivity index (χ3v) is 12.6. The van der Waals surface area contributed by atoms with Gasteiger partial charge in [-0.3, -0.25) is 0 Å². The van der Waals surface area contributed by atoms with E-state index in [1.54, 1.807) is 121 Å². The monoisotopic (exact) mass is 1200 g/mol. The number of carboxylic acid groups (broad SMARTS) is 8. The Balaban J connectivity index is 1.18. The van der Waals surface area contributed by atoms with E-state index in [0.29, 0.717) is 44.5 Å². The lowest BCUT2D eigenvalue weighted by molar-refractivity contribution is -0.140. The van der Waals surface area contributed by atoms with Crippen molar-refractivity contribution in [1.29, 1.82) is 0 Å². The highest BCUT2D eigenvalue weighted by Crippen LogP contribution is 2.46. The summed E-state index contributed by atoms with van der Waals surface area (Å²) in [7, 11) is 0. The van der Waals surface area contributed by atoms with Gasteiger partial charge in [-0.2, -0.15) is 0 Å². The first-order valence-electron chi connectivity index (χ1n) is 26.0. The molecule has 450 valence electrons. The molecule has 0 aliphatic rings. The molecule has 0 atom stereocenters. The lowest BCUT2D eigenvalue weighted by Crippen LogP contribution is -2.12. The van der Waals surface area contributed by atoms with Crippen molar-refractivity contribution in [2.45, 2.75) is 0 Å². The second kappa shape index (κ2) is 28.5. The van der Waals surface area contributed by atoms with E-state index in [2.05, 4.69) is 0 Å². The molecule has 0 aliphatic carbocycles. The summed E-state index contributed by atoms with van der Waals surface area (Å²) in [5.41, 5.74) is 5.16. The zero-order valence-electron chi connectivity index (χ0n) is 45.8. The summed E-state index contributed by atoms with van der Waals surface area (Å²) in [4.78, 5) is 93.8. The third kappa shape index (κ3) is 16.6. The molecule has 8 aromatic carbocycles. The van der Waals surface area contributed by atoms with Crippen molar-refractivity contribution in [3.8, 4) is 124 Å². The molecule has 24 nitrogen and oxygen atoms in total. The van der Waals surface area contributed by atoms with Gasteiger partial charge in [0.2, 0.25) is 0 Å². The molecule has 8 aromatic rings. The molecule has 0 fully saturated rings. The fourth-order valence-electron chi connectivity index (χ4n) is 8.92. The Morgan fingerprint density at radius 3 is 0.568 bits per heavy atom. The van der Waals surface area contributed by atoms with Crippen LogP contribution in [-0.2, 0) is 38.4 Å². The first kappa shape index (κ1) is 62.0. The van der Waals surface area contributed by atoms with Crippen LogP contribution in [0.3, 0.4) is 0 Å². The van der Waals surface area contributed by atoms with Gasteiger partial charge >= 0.3 is 47.8 Å². The molecule has 0 radical (unpaired) electrons. The fraction of sp³-hybridized carbons (Fsp3) is 0.125.